The van der Waals surface area contributed by atoms with Crippen molar-refractivity contribution in [2.75, 3.05) is 12.9 Å². The van der Waals surface area contributed by atoms with Gasteiger partial charge >= 0.3 is 0 Å². The highest BCUT2D eigenvalue weighted by Crippen LogP contribution is 2.18. The topological polar surface area (TPSA) is 20.3 Å². The molecule has 0 aliphatic heterocycles. The van der Waals surface area contributed by atoms with Crippen molar-refractivity contribution in [3.8, 4) is 0 Å². The highest BCUT2D eigenvalue weighted by molar-refractivity contribution is 6.18. The average Bonchev–Trinajstić information content (AvgIpc) is 2.32. The van der Waals surface area contributed by atoms with Gasteiger partial charge in [0.1, 0.15) is 11.6 Å². The Balaban J connectivity index is 2.89. The molecule has 0 aliphatic rings. The minimum atomic E-state index is -0.708. The van der Waals surface area contributed by atoms with Crippen molar-refractivity contribution >= 4 is 17.5 Å². The molecule has 1 aromatic rings. The van der Waals surface area contributed by atoms with Gasteiger partial charge < -0.3 is 4.90 Å². The highest BCUT2D eigenvalue weighted by atomic mass is 35.5. The number of benzene rings is 1. The lowest BCUT2D eigenvalue weighted by molar-refractivity contribution is -0.133. The van der Waals surface area contributed by atoms with Gasteiger partial charge in [0, 0.05) is 18.5 Å². The number of halogens is 3. The van der Waals surface area contributed by atoms with E-state index in [4.69, 9.17) is 11.6 Å². The first-order chi connectivity index (χ1) is 8.29. The molecule has 0 aromatic heterocycles. The number of hydrogen-bond acceptors (Lipinski definition) is 1. The molecule has 1 rings (SSSR count). The number of hydrogen-bond donors (Lipinski definition) is 0. The molecular formula is C13H16ClF2NO. The minimum Gasteiger partial charge on any atom is -0.339 e. The Morgan fingerprint density at radius 2 is 1.83 bits per heavy atom. The highest BCUT2D eigenvalue weighted by Gasteiger charge is 2.27. The third-order valence-electron chi connectivity index (χ3n) is 3.00. The Labute approximate surface area is 111 Å². The van der Waals surface area contributed by atoms with E-state index in [1.54, 1.807) is 20.9 Å². The molecule has 0 heterocycles. The molecule has 18 heavy (non-hydrogen) atoms. The molecule has 2 nitrogen and oxygen atoms in total. The van der Waals surface area contributed by atoms with E-state index in [1.807, 2.05) is 0 Å². The van der Waals surface area contributed by atoms with Crippen LogP contribution in [-0.2, 0) is 11.2 Å². The van der Waals surface area contributed by atoms with Gasteiger partial charge in [-0.05, 0) is 26.0 Å². The predicted octanol–water partition coefficient (Wildman–Crippen LogP) is 2.98. The Hall–Kier alpha value is -1.16. The minimum absolute atomic E-state index is 0.209. The van der Waals surface area contributed by atoms with Crippen LogP contribution in [0.3, 0.4) is 0 Å². The average molecular weight is 276 g/mol. The summed E-state index contributed by atoms with van der Waals surface area (Å²) in [6.45, 7) is 3.57. The van der Waals surface area contributed by atoms with Crippen LogP contribution < -0.4 is 0 Å². The largest absolute Gasteiger partial charge is 0.339 e. The molecule has 100 valence electrons. The lowest BCUT2D eigenvalue weighted by Crippen LogP contribution is -2.47. The second-order valence-electron chi connectivity index (χ2n) is 4.78. The maximum atomic E-state index is 13.4. The van der Waals surface area contributed by atoms with E-state index in [1.165, 1.54) is 11.0 Å². The quantitative estimate of drug-likeness (QED) is 0.774. The molecule has 0 N–H and O–H groups in total. The van der Waals surface area contributed by atoms with E-state index in [0.29, 0.717) is 0 Å². The molecule has 0 saturated heterocycles. The molecule has 0 unspecified atom stereocenters. The van der Waals surface area contributed by atoms with E-state index in [0.717, 1.165) is 12.1 Å². The maximum absolute atomic E-state index is 13.4. The number of amides is 1. The van der Waals surface area contributed by atoms with Gasteiger partial charge in [-0.1, -0.05) is 6.07 Å². The van der Waals surface area contributed by atoms with Crippen molar-refractivity contribution < 1.29 is 13.6 Å². The van der Waals surface area contributed by atoms with E-state index >= 15 is 0 Å². The zero-order valence-corrected chi connectivity index (χ0v) is 11.4. The standard InChI is InChI=1S/C13H16ClF2NO/c1-13(2,8-14)17(3)12(18)7-9-10(15)5-4-6-11(9)16/h4-6H,7-8H2,1-3H3. The van der Waals surface area contributed by atoms with Gasteiger partial charge in [0.2, 0.25) is 5.91 Å². The monoisotopic (exact) mass is 275 g/mol. The molecule has 0 radical (unpaired) electrons. The van der Waals surface area contributed by atoms with E-state index < -0.39 is 17.2 Å². The van der Waals surface area contributed by atoms with Gasteiger partial charge in [-0.15, -0.1) is 11.6 Å². The van der Waals surface area contributed by atoms with Crippen molar-refractivity contribution in [1.29, 1.82) is 0 Å². The number of carbonyl (C=O) groups is 1. The zero-order chi connectivity index (χ0) is 13.9. The van der Waals surface area contributed by atoms with Gasteiger partial charge in [-0.3, -0.25) is 4.79 Å². The fraction of sp³-hybridized carbons (Fsp3) is 0.462. The molecule has 0 spiro atoms. The number of rotatable bonds is 4. The second kappa shape index (κ2) is 5.65. The third-order valence-corrected chi connectivity index (χ3v) is 3.65. The normalized spacial score (nSPS) is 11.4. The first-order valence-corrected chi connectivity index (χ1v) is 6.08. The summed E-state index contributed by atoms with van der Waals surface area (Å²) in [5, 5.41) is 0. The molecule has 5 heteroatoms. The number of carbonyl (C=O) groups excluding carboxylic acids is 1. The van der Waals surface area contributed by atoms with Crippen LogP contribution >= 0.6 is 11.6 Å². The van der Waals surface area contributed by atoms with E-state index in [-0.39, 0.29) is 23.8 Å². The predicted molar refractivity (Wildman–Crippen MR) is 67.6 cm³/mol. The van der Waals surface area contributed by atoms with Crippen LogP contribution in [0.5, 0.6) is 0 Å². The van der Waals surface area contributed by atoms with Crippen LogP contribution in [-0.4, -0.2) is 29.3 Å². The van der Waals surface area contributed by atoms with Crippen molar-refractivity contribution in [2.45, 2.75) is 25.8 Å². The lowest BCUT2D eigenvalue weighted by atomic mass is 10.0. The van der Waals surface area contributed by atoms with Gasteiger partial charge in [-0.25, -0.2) is 8.78 Å². The Morgan fingerprint density at radius 1 is 1.33 bits per heavy atom. The van der Waals surface area contributed by atoms with Crippen LogP contribution in [0.25, 0.3) is 0 Å². The van der Waals surface area contributed by atoms with Crippen LogP contribution in [0.4, 0.5) is 8.78 Å². The van der Waals surface area contributed by atoms with Crippen LogP contribution in [0.15, 0.2) is 18.2 Å². The fourth-order valence-electron chi connectivity index (χ4n) is 1.40. The van der Waals surface area contributed by atoms with Gasteiger partial charge in [-0.2, -0.15) is 0 Å². The van der Waals surface area contributed by atoms with Gasteiger partial charge in [0.15, 0.2) is 0 Å². The van der Waals surface area contributed by atoms with Crippen molar-refractivity contribution in [1.82, 2.24) is 4.90 Å². The van der Waals surface area contributed by atoms with E-state index in [9.17, 15) is 13.6 Å². The summed E-state index contributed by atoms with van der Waals surface area (Å²) >= 11 is 5.76. The Bertz CT molecular complexity index is 428. The number of likely N-dealkylation sites (N-methyl/N-ethyl adjacent to an activating group) is 1. The molecule has 1 aromatic carbocycles. The smallest absolute Gasteiger partial charge is 0.227 e. The molecule has 1 amide bonds. The fourth-order valence-corrected chi connectivity index (χ4v) is 1.58. The summed E-state index contributed by atoms with van der Waals surface area (Å²) in [5.41, 5.74) is -0.764. The summed E-state index contributed by atoms with van der Waals surface area (Å²) in [6, 6.07) is 3.54. The van der Waals surface area contributed by atoms with E-state index in [2.05, 4.69) is 0 Å². The van der Waals surface area contributed by atoms with Crippen LogP contribution in [0.2, 0.25) is 0 Å². The van der Waals surface area contributed by atoms with Gasteiger partial charge in [0.25, 0.3) is 0 Å². The summed E-state index contributed by atoms with van der Waals surface area (Å²) in [4.78, 5) is 13.4. The third kappa shape index (κ3) is 3.19. The van der Waals surface area contributed by atoms with Crippen LogP contribution in [0, 0.1) is 11.6 Å². The van der Waals surface area contributed by atoms with Crippen molar-refractivity contribution in [2.24, 2.45) is 0 Å². The zero-order valence-electron chi connectivity index (χ0n) is 10.6. The van der Waals surface area contributed by atoms with Gasteiger partial charge in [0.05, 0.1) is 12.0 Å². The SMILES string of the molecule is CN(C(=O)Cc1c(F)cccc1F)C(C)(C)CCl. The summed E-state index contributed by atoms with van der Waals surface area (Å²) in [7, 11) is 1.57. The molecular weight excluding hydrogens is 260 g/mol. The molecule has 0 fully saturated rings. The van der Waals surface area contributed by atoms with Crippen molar-refractivity contribution in [3.05, 3.63) is 35.4 Å². The Kier molecular flexibility index (Phi) is 4.68. The number of nitrogens with zero attached hydrogens (tertiary/aromatic N) is 1. The van der Waals surface area contributed by atoms with Crippen LogP contribution in [0.1, 0.15) is 19.4 Å². The molecule has 0 saturated carbocycles. The summed E-state index contributed by atoms with van der Waals surface area (Å²) in [5.74, 6) is -1.54. The lowest BCUT2D eigenvalue weighted by Gasteiger charge is -2.34. The second-order valence-corrected chi connectivity index (χ2v) is 5.04. The molecule has 0 bridgehead atoms. The first kappa shape index (κ1) is 14.9. The Morgan fingerprint density at radius 3 is 2.28 bits per heavy atom. The maximum Gasteiger partial charge on any atom is 0.227 e. The summed E-state index contributed by atoms with van der Waals surface area (Å²) < 4.78 is 26.8. The number of alkyl halides is 1. The molecule has 0 atom stereocenters. The van der Waals surface area contributed by atoms with Crippen molar-refractivity contribution in [3.63, 3.8) is 0 Å². The first-order valence-electron chi connectivity index (χ1n) is 5.55. The summed E-state index contributed by atoms with van der Waals surface area (Å²) in [6.07, 6.45) is -0.310. The molecule has 0 aliphatic carbocycles.